The molecule has 0 saturated heterocycles. The summed E-state index contributed by atoms with van der Waals surface area (Å²) in [6.07, 6.45) is 3.23. The fourth-order valence-electron chi connectivity index (χ4n) is 1.59. The lowest BCUT2D eigenvalue weighted by Crippen LogP contribution is -2.20. The van der Waals surface area contributed by atoms with Crippen molar-refractivity contribution in [3.63, 3.8) is 0 Å². The molecule has 5 heteroatoms. The van der Waals surface area contributed by atoms with Crippen LogP contribution in [0.5, 0.6) is 0 Å². The highest BCUT2D eigenvalue weighted by Gasteiger charge is 2.19. The van der Waals surface area contributed by atoms with Crippen LogP contribution in [-0.2, 0) is 4.79 Å². The molecule has 0 aliphatic carbocycles. The standard InChI is InChI=1S/C13H11BrN2O2/c14-10-6-11(8-15-7-10)16-12(13(17)18)9-4-2-1-3-5-9/h1-8,12,16H,(H,17,18)/t12-/m0/s1. The second kappa shape index (κ2) is 5.64. The zero-order valence-corrected chi connectivity index (χ0v) is 11.0. The Bertz CT molecular complexity index is 546. The van der Waals surface area contributed by atoms with Crippen molar-refractivity contribution in [3.8, 4) is 0 Å². The first-order valence-electron chi connectivity index (χ1n) is 5.31. The maximum absolute atomic E-state index is 11.3. The zero-order valence-electron chi connectivity index (χ0n) is 9.38. The van der Waals surface area contributed by atoms with E-state index in [2.05, 4.69) is 26.2 Å². The molecule has 4 nitrogen and oxygen atoms in total. The first-order valence-corrected chi connectivity index (χ1v) is 6.11. The number of benzene rings is 1. The van der Waals surface area contributed by atoms with Gasteiger partial charge in [0.2, 0.25) is 0 Å². The van der Waals surface area contributed by atoms with Gasteiger partial charge in [0.25, 0.3) is 0 Å². The predicted octanol–water partition coefficient (Wildman–Crippen LogP) is 3.08. The number of carbonyl (C=O) groups is 1. The molecule has 92 valence electrons. The molecule has 0 amide bonds. The molecule has 2 rings (SSSR count). The third kappa shape index (κ3) is 3.07. The molecule has 18 heavy (non-hydrogen) atoms. The minimum atomic E-state index is -0.929. The molecule has 1 aromatic carbocycles. The Morgan fingerprint density at radius 3 is 2.61 bits per heavy atom. The van der Waals surface area contributed by atoms with E-state index in [0.717, 1.165) is 4.47 Å². The normalized spacial score (nSPS) is 11.8. The molecule has 2 aromatic rings. The van der Waals surface area contributed by atoms with Gasteiger partial charge in [-0.25, -0.2) is 4.79 Å². The molecule has 0 saturated carbocycles. The summed E-state index contributed by atoms with van der Waals surface area (Å²) in [6.45, 7) is 0. The number of rotatable bonds is 4. The number of halogens is 1. The minimum Gasteiger partial charge on any atom is -0.479 e. The van der Waals surface area contributed by atoms with Crippen LogP contribution in [0, 0.1) is 0 Å². The second-order valence-electron chi connectivity index (χ2n) is 3.72. The first kappa shape index (κ1) is 12.6. The van der Waals surface area contributed by atoms with Crippen LogP contribution in [0.1, 0.15) is 11.6 Å². The number of hydrogen-bond acceptors (Lipinski definition) is 3. The Kier molecular flexibility index (Phi) is 3.94. The molecule has 1 atom stereocenters. The molecular formula is C13H11BrN2O2. The van der Waals surface area contributed by atoms with E-state index < -0.39 is 12.0 Å². The first-order chi connectivity index (χ1) is 8.66. The van der Waals surface area contributed by atoms with Gasteiger partial charge in [-0.15, -0.1) is 0 Å². The van der Waals surface area contributed by atoms with E-state index in [-0.39, 0.29) is 0 Å². The van der Waals surface area contributed by atoms with E-state index in [0.29, 0.717) is 11.3 Å². The highest BCUT2D eigenvalue weighted by Crippen LogP contribution is 2.21. The number of aromatic nitrogens is 1. The summed E-state index contributed by atoms with van der Waals surface area (Å²) in [5, 5.41) is 12.2. The lowest BCUT2D eigenvalue weighted by Gasteiger charge is -2.15. The monoisotopic (exact) mass is 306 g/mol. The van der Waals surface area contributed by atoms with Gasteiger partial charge >= 0.3 is 5.97 Å². The highest BCUT2D eigenvalue weighted by molar-refractivity contribution is 9.10. The lowest BCUT2D eigenvalue weighted by atomic mass is 10.1. The van der Waals surface area contributed by atoms with Crippen LogP contribution in [0.4, 0.5) is 5.69 Å². The van der Waals surface area contributed by atoms with Gasteiger partial charge in [-0.3, -0.25) is 4.98 Å². The Morgan fingerprint density at radius 1 is 1.28 bits per heavy atom. The Labute approximate surface area is 113 Å². The smallest absolute Gasteiger partial charge is 0.330 e. The molecule has 2 N–H and O–H groups in total. The van der Waals surface area contributed by atoms with Gasteiger partial charge in [-0.1, -0.05) is 30.3 Å². The summed E-state index contributed by atoms with van der Waals surface area (Å²) < 4.78 is 0.796. The van der Waals surface area contributed by atoms with Crippen LogP contribution in [-0.4, -0.2) is 16.1 Å². The third-order valence-electron chi connectivity index (χ3n) is 2.40. The number of anilines is 1. The van der Waals surface area contributed by atoms with Crippen molar-refractivity contribution in [2.75, 3.05) is 5.32 Å². The molecule has 0 radical (unpaired) electrons. The number of hydrogen-bond donors (Lipinski definition) is 2. The summed E-state index contributed by atoms with van der Waals surface area (Å²) in [4.78, 5) is 15.3. The van der Waals surface area contributed by atoms with E-state index in [1.165, 1.54) is 0 Å². The van der Waals surface area contributed by atoms with Crippen molar-refractivity contribution in [1.29, 1.82) is 0 Å². The van der Waals surface area contributed by atoms with Crippen molar-refractivity contribution in [2.24, 2.45) is 0 Å². The molecule has 1 aromatic heterocycles. The predicted molar refractivity (Wildman–Crippen MR) is 72.4 cm³/mol. The number of aliphatic carboxylic acids is 1. The Hall–Kier alpha value is -1.88. The van der Waals surface area contributed by atoms with Crippen LogP contribution in [0.25, 0.3) is 0 Å². The minimum absolute atomic E-state index is 0.653. The SMILES string of the molecule is O=C(O)[C@@H](Nc1cncc(Br)c1)c1ccccc1. The average Bonchev–Trinajstić information content (AvgIpc) is 2.37. The Balaban J connectivity index is 2.25. The fraction of sp³-hybridized carbons (Fsp3) is 0.0769. The van der Waals surface area contributed by atoms with E-state index in [1.807, 2.05) is 18.2 Å². The zero-order chi connectivity index (χ0) is 13.0. The van der Waals surface area contributed by atoms with Gasteiger partial charge in [0.05, 0.1) is 11.9 Å². The summed E-state index contributed by atoms with van der Waals surface area (Å²) in [5.74, 6) is -0.929. The number of nitrogens with one attached hydrogen (secondary N) is 1. The van der Waals surface area contributed by atoms with E-state index >= 15 is 0 Å². The molecular weight excluding hydrogens is 296 g/mol. The number of pyridine rings is 1. The van der Waals surface area contributed by atoms with Crippen molar-refractivity contribution < 1.29 is 9.90 Å². The van der Waals surface area contributed by atoms with E-state index in [1.54, 1.807) is 30.6 Å². The topological polar surface area (TPSA) is 62.2 Å². The van der Waals surface area contributed by atoms with Crippen molar-refractivity contribution in [3.05, 3.63) is 58.8 Å². The van der Waals surface area contributed by atoms with Crippen LogP contribution in [0.3, 0.4) is 0 Å². The van der Waals surface area contributed by atoms with E-state index in [9.17, 15) is 9.90 Å². The van der Waals surface area contributed by atoms with Crippen LogP contribution in [0.15, 0.2) is 53.3 Å². The van der Waals surface area contributed by atoms with E-state index in [4.69, 9.17) is 0 Å². The molecule has 0 aliphatic heterocycles. The maximum atomic E-state index is 11.3. The largest absolute Gasteiger partial charge is 0.479 e. The highest BCUT2D eigenvalue weighted by atomic mass is 79.9. The van der Waals surface area contributed by atoms with Gasteiger partial charge < -0.3 is 10.4 Å². The van der Waals surface area contributed by atoms with Gasteiger partial charge in [0, 0.05) is 10.7 Å². The van der Waals surface area contributed by atoms with Crippen molar-refractivity contribution >= 4 is 27.6 Å². The van der Waals surface area contributed by atoms with Crippen LogP contribution in [0.2, 0.25) is 0 Å². The van der Waals surface area contributed by atoms with Gasteiger partial charge in [0.15, 0.2) is 6.04 Å². The lowest BCUT2D eigenvalue weighted by molar-refractivity contribution is -0.138. The molecule has 0 aliphatic rings. The maximum Gasteiger partial charge on any atom is 0.330 e. The third-order valence-corrected chi connectivity index (χ3v) is 2.83. The molecule has 0 fully saturated rings. The number of carboxylic acid groups (broad SMARTS) is 1. The van der Waals surface area contributed by atoms with Crippen molar-refractivity contribution in [2.45, 2.75) is 6.04 Å². The summed E-state index contributed by atoms with van der Waals surface area (Å²) >= 11 is 3.30. The summed E-state index contributed by atoms with van der Waals surface area (Å²) in [6, 6.07) is 10.0. The van der Waals surface area contributed by atoms with Gasteiger partial charge in [-0.05, 0) is 27.6 Å². The molecule has 0 bridgehead atoms. The summed E-state index contributed by atoms with van der Waals surface area (Å²) in [5.41, 5.74) is 1.35. The quantitative estimate of drug-likeness (QED) is 0.911. The van der Waals surface area contributed by atoms with Gasteiger partial charge in [-0.2, -0.15) is 0 Å². The fourth-order valence-corrected chi connectivity index (χ4v) is 1.96. The summed E-state index contributed by atoms with van der Waals surface area (Å²) in [7, 11) is 0. The number of carboxylic acids is 1. The molecule has 1 heterocycles. The second-order valence-corrected chi connectivity index (χ2v) is 4.63. The number of nitrogens with zero attached hydrogens (tertiary/aromatic N) is 1. The average molecular weight is 307 g/mol. The molecule has 0 spiro atoms. The molecule has 0 unspecified atom stereocenters. The van der Waals surface area contributed by atoms with Crippen molar-refractivity contribution in [1.82, 2.24) is 4.98 Å². The van der Waals surface area contributed by atoms with Crippen LogP contribution < -0.4 is 5.32 Å². The Morgan fingerprint density at radius 2 is 2.00 bits per heavy atom. The van der Waals surface area contributed by atoms with Crippen LogP contribution >= 0.6 is 15.9 Å². The van der Waals surface area contributed by atoms with Gasteiger partial charge in [0.1, 0.15) is 0 Å².